The molecule has 0 bridgehead atoms. The molecule has 8 nitrogen and oxygen atoms in total. The zero-order valence-corrected chi connectivity index (χ0v) is 15.3. The van der Waals surface area contributed by atoms with Gasteiger partial charge in [-0.15, -0.1) is 0 Å². The summed E-state index contributed by atoms with van der Waals surface area (Å²) in [5, 5.41) is 15.2. The van der Waals surface area contributed by atoms with E-state index in [1.54, 1.807) is 30.1 Å². The minimum Gasteiger partial charge on any atom is -0.495 e. The number of aromatic nitrogens is 2. The van der Waals surface area contributed by atoms with Crippen LogP contribution in [-0.2, 0) is 0 Å². The Hall–Kier alpha value is -3.39. The molecular formula is C18H16ClN5O3. The van der Waals surface area contributed by atoms with E-state index in [4.69, 9.17) is 16.3 Å². The summed E-state index contributed by atoms with van der Waals surface area (Å²) in [7, 11) is 3.20. The van der Waals surface area contributed by atoms with Crippen molar-refractivity contribution in [3.8, 4) is 5.75 Å². The maximum atomic E-state index is 11.8. The van der Waals surface area contributed by atoms with E-state index in [-0.39, 0.29) is 17.3 Å². The lowest BCUT2D eigenvalue weighted by atomic mass is 10.2. The largest absolute Gasteiger partial charge is 0.495 e. The van der Waals surface area contributed by atoms with Gasteiger partial charge in [-0.1, -0.05) is 29.8 Å². The van der Waals surface area contributed by atoms with Gasteiger partial charge in [0.25, 0.3) is 0 Å². The van der Waals surface area contributed by atoms with Crippen molar-refractivity contribution in [3.05, 3.63) is 70.0 Å². The zero-order valence-electron chi connectivity index (χ0n) is 14.6. The van der Waals surface area contributed by atoms with E-state index in [1.165, 1.54) is 13.4 Å². The van der Waals surface area contributed by atoms with Gasteiger partial charge >= 0.3 is 5.69 Å². The molecule has 3 aromatic rings. The molecule has 0 atom stereocenters. The molecule has 0 fully saturated rings. The number of nitro groups is 1. The number of halogens is 1. The van der Waals surface area contributed by atoms with Crippen LogP contribution in [0.3, 0.4) is 0 Å². The third kappa shape index (κ3) is 3.90. The van der Waals surface area contributed by atoms with Gasteiger partial charge in [0.2, 0.25) is 11.6 Å². The molecule has 1 heterocycles. The Balaban J connectivity index is 2.07. The fourth-order valence-corrected chi connectivity index (χ4v) is 2.73. The van der Waals surface area contributed by atoms with Gasteiger partial charge in [0, 0.05) is 17.8 Å². The van der Waals surface area contributed by atoms with Crippen molar-refractivity contribution in [3.63, 3.8) is 0 Å². The standard InChI is InChI=1S/C18H16ClN5O3/c1-23(13-6-4-3-5-7-13)18-16(24(25)26)17(20-11-21-18)22-14-10-12(19)8-9-15(14)27-2/h3-11H,1-2H3,(H,20,21,22). The summed E-state index contributed by atoms with van der Waals surface area (Å²) in [6, 6.07) is 14.1. The first kappa shape index (κ1) is 18.4. The van der Waals surface area contributed by atoms with Crippen LogP contribution in [-0.4, -0.2) is 29.0 Å². The third-order valence-corrected chi connectivity index (χ3v) is 4.10. The van der Waals surface area contributed by atoms with E-state index in [2.05, 4.69) is 15.3 Å². The Morgan fingerprint density at radius 2 is 1.93 bits per heavy atom. The molecule has 0 spiro atoms. The molecule has 0 amide bonds. The Labute approximate surface area is 160 Å². The SMILES string of the molecule is COc1ccc(Cl)cc1Nc1ncnc(N(C)c2ccccc2)c1[N+](=O)[O-]. The van der Waals surface area contributed by atoms with Crippen LogP contribution in [0.2, 0.25) is 5.02 Å². The highest BCUT2D eigenvalue weighted by atomic mass is 35.5. The second-order valence-corrected chi connectivity index (χ2v) is 5.95. The third-order valence-electron chi connectivity index (χ3n) is 3.86. The average Bonchev–Trinajstić information content (AvgIpc) is 2.68. The van der Waals surface area contributed by atoms with Crippen LogP contribution in [0.25, 0.3) is 0 Å². The summed E-state index contributed by atoms with van der Waals surface area (Å²) < 4.78 is 5.28. The van der Waals surface area contributed by atoms with Crippen molar-refractivity contribution in [1.82, 2.24) is 9.97 Å². The number of hydrogen-bond acceptors (Lipinski definition) is 7. The first-order chi connectivity index (χ1) is 13.0. The molecule has 1 aromatic heterocycles. The molecule has 2 aromatic carbocycles. The Bertz CT molecular complexity index is 968. The number of hydrogen-bond donors (Lipinski definition) is 1. The predicted octanol–water partition coefficient (Wildman–Crippen LogP) is 4.56. The maximum absolute atomic E-state index is 11.8. The van der Waals surface area contributed by atoms with Crippen LogP contribution >= 0.6 is 11.6 Å². The van der Waals surface area contributed by atoms with Crippen LogP contribution in [0.4, 0.5) is 28.7 Å². The van der Waals surface area contributed by atoms with Crippen molar-refractivity contribution < 1.29 is 9.66 Å². The number of anilines is 4. The molecular weight excluding hydrogens is 370 g/mol. The monoisotopic (exact) mass is 385 g/mol. The fourth-order valence-electron chi connectivity index (χ4n) is 2.55. The van der Waals surface area contributed by atoms with Gasteiger partial charge in [0.1, 0.15) is 12.1 Å². The smallest absolute Gasteiger partial charge is 0.354 e. The van der Waals surface area contributed by atoms with E-state index in [0.29, 0.717) is 16.5 Å². The van der Waals surface area contributed by atoms with Gasteiger partial charge in [-0.2, -0.15) is 0 Å². The van der Waals surface area contributed by atoms with Gasteiger partial charge < -0.3 is 15.0 Å². The summed E-state index contributed by atoms with van der Waals surface area (Å²) in [5.74, 6) is 0.670. The van der Waals surface area contributed by atoms with Crippen molar-refractivity contribution in [1.29, 1.82) is 0 Å². The lowest BCUT2D eigenvalue weighted by Crippen LogP contribution is -2.15. The molecule has 9 heteroatoms. The van der Waals surface area contributed by atoms with Crippen LogP contribution in [0.5, 0.6) is 5.75 Å². The second kappa shape index (κ2) is 7.88. The summed E-state index contributed by atoms with van der Waals surface area (Å²) in [6.45, 7) is 0. The number of ether oxygens (including phenoxy) is 1. The number of nitrogens with one attached hydrogen (secondary N) is 1. The first-order valence-electron chi connectivity index (χ1n) is 7.90. The first-order valence-corrected chi connectivity index (χ1v) is 8.27. The number of para-hydroxylation sites is 1. The summed E-state index contributed by atoms with van der Waals surface area (Å²) >= 11 is 6.03. The van der Waals surface area contributed by atoms with Gasteiger partial charge in [0.15, 0.2) is 0 Å². The van der Waals surface area contributed by atoms with E-state index < -0.39 is 4.92 Å². The molecule has 0 radical (unpaired) electrons. The van der Waals surface area contributed by atoms with Crippen LogP contribution in [0, 0.1) is 10.1 Å². The molecule has 27 heavy (non-hydrogen) atoms. The van der Waals surface area contributed by atoms with Crippen molar-refractivity contribution >= 4 is 40.3 Å². The Morgan fingerprint density at radius 1 is 1.19 bits per heavy atom. The molecule has 1 N–H and O–H groups in total. The van der Waals surface area contributed by atoms with Crippen molar-refractivity contribution in [2.75, 3.05) is 24.4 Å². The molecule has 0 aliphatic heterocycles. The highest BCUT2D eigenvalue weighted by Crippen LogP contribution is 2.38. The Morgan fingerprint density at radius 3 is 2.59 bits per heavy atom. The lowest BCUT2D eigenvalue weighted by molar-refractivity contribution is -0.383. The molecule has 0 aliphatic rings. The maximum Gasteiger partial charge on any atom is 0.354 e. The van der Waals surface area contributed by atoms with Crippen LogP contribution in [0.1, 0.15) is 0 Å². The molecule has 0 aliphatic carbocycles. The van der Waals surface area contributed by atoms with E-state index in [0.717, 1.165) is 5.69 Å². The summed E-state index contributed by atoms with van der Waals surface area (Å²) in [5.41, 5.74) is 0.955. The normalized spacial score (nSPS) is 10.3. The number of nitrogens with zero attached hydrogens (tertiary/aromatic N) is 4. The van der Waals surface area contributed by atoms with E-state index >= 15 is 0 Å². The topological polar surface area (TPSA) is 93.4 Å². The number of benzene rings is 2. The van der Waals surface area contributed by atoms with Gasteiger partial charge in [-0.25, -0.2) is 9.97 Å². The van der Waals surface area contributed by atoms with Crippen molar-refractivity contribution in [2.45, 2.75) is 0 Å². The predicted molar refractivity (Wildman–Crippen MR) is 104 cm³/mol. The molecule has 0 saturated carbocycles. The number of methoxy groups -OCH3 is 1. The highest BCUT2D eigenvalue weighted by Gasteiger charge is 2.27. The second-order valence-electron chi connectivity index (χ2n) is 5.52. The van der Waals surface area contributed by atoms with Crippen molar-refractivity contribution in [2.24, 2.45) is 0 Å². The lowest BCUT2D eigenvalue weighted by Gasteiger charge is -2.19. The van der Waals surface area contributed by atoms with Gasteiger partial charge in [-0.3, -0.25) is 10.1 Å². The van der Waals surface area contributed by atoms with E-state index in [9.17, 15) is 10.1 Å². The molecule has 138 valence electrons. The van der Waals surface area contributed by atoms with Gasteiger partial charge in [0.05, 0.1) is 17.7 Å². The zero-order chi connectivity index (χ0) is 19.4. The van der Waals surface area contributed by atoms with E-state index in [1.807, 2.05) is 30.3 Å². The average molecular weight is 386 g/mol. The minimum absolute atomic E-state index is 0.0355. The van der Waals surface area contributed by atoms with Gasteiger partial charge in [-0.05, 0) is 30.3 Å². The minimum atomic E-state index is -0.520. The summed E-state index contributed by atoms with van der Waals surface area (Å²) in [4.78, 5) is 21.1. The Kier molecular flexibility index (Phi) is 5.37. The van der Waals surface area contributed by atoms with Crippen LogP contribution in [0.15, 0.2) is 54.9 Å². The number of rotatable bonds is 6. The molecule has 0 saturated heterocycles. The quantitative estimate of drug-likeness (QED) is 0.491. The molecule has 3 rings (SSSR count). The highest BCUT2D eigenvalue weighted by molar-refractivity contribution is 6.31. The molecule has 0 unspecified atom stereocenters. The fraction of sp³-hybridized carbons (Fsp3) is 0.111. The summed E-state index contributed by atoms with van der Waals surface area (Å²) in [6.07, 6.45) is 1.27. The van der Waals surface area contributed by atoms with Crippen LogP contribution < -0.4 is 15.0 Å².